The van der Waals surface area contributed by atoms with Crippen molar-refractivity contribution in [2.45, 2.75) is 23.5 Å². The van der Waals surface area contributed by atoms with Crippen LogP contribution in [0.25, 0.3) is 0 Å². The third-order valence-corrected chi connectivity index (χ3v) is 3.71. The monoisotopic (exact) mass is 393 g/mol. The molecule has 0 heterocycles. The van der Waals surface area contributed by atoms with Crippen molar-refractivity contribution >= 4 is 59.1 Å². The topological polar surface area (TPSA) is 65.7 Å². The molecule has 1 aromatic carbocycles. The van der Waals surface area contributed by atoms with Crippen LogP contribution in [0.5, 0.6) is 0 Å². The summed E-state index contributed by atoms with van der Waals surface area (Å²) in [5.41, 5.74) is -0.0278. The Morgan fingerprint density at radius 3 is 2.52 bits per heavy atom. The molecule has 0 saturated heterocycles. The number of halogens is 3. The van der Waals surface area contributed by atoms with Gasteiger partial charge in [0.05, 0.1) is 24.2 Å². The summed E-state index contributed by atoms with van der Waals surface area (Å²) < 4.78 is -0.595. The van der Waals surface area contributed by atoms with Crippen LogP contribution in [0.15, 0.2) is 35.5 Å². The van der Waals surface area contributed by atoms with Gasteiger partial charge in [0.2, 0.25) is 0 Å². The van der Waals surface area contributed by atoms with Crippen LogP contribution in [-0.4, -0.2) is 19.7 Å². The van der Waals surface area contributed by atoms with E-state index >= 15 is 0 Å². The summed E-state index contributed by atoms with van der Waals surface area (Å²) in [6, 6.07) is 11.1. The van der Waals surface area contributed by atoms with Gasteiger partial charge >= 0.3 is 6.09 Å². The molecule has 0 radical (unpaired) electrons. The zero-order valence-electron chi connectivity index (χ0n) is 12.4. The standard InChI is InChI=1S/C14H14Cl3N3O2S/c1-13(2,9-18)10-19-22-12(21)20(23-14(15,16)17)8-11-6-4-3-5-7-11/h3-7,10H,8H2,1-2H3/b19-10+. The van der Waals surface area contributed by atoms with Crippen molar-refractivity contribution in [2.75, 3.05) is 0 Å². The van der Waals surface area contributed by atoms with Crippen LogP contribution < -0.4 is 0 Å². The van der Waals surface area contributed by atoms with Gasteiger partial charge in [0.25, 0.3) is 3.12 Å². The van der Waals surface area contributed by atoms with Gasteiger partial charge in [-0.05, 0) is 19.4 Å². The summed E-state index contributed by atoms with van der Waals surface area (Å²) in [6.45, 7) is 3.42. The quantitative estimate of drug-likeness (QED) is 0.228. The molecule has 1 aromatic rings. The second kappa shape index (κ2) is 8.65. The first kappa shape index (κ1) is 19.9. The smallest absolute Gasteiger partial charge is 0.298 e. The lowest BCUT2D eigenvalue weighted by molar-refractivity contribution is 0.130. The second-order valence-corrected chi connectivity index (χ2v) is 9.17. The summed E-state index contributed by atoms with van der Waals surface area (Å²) in [7, 11) is 0. The highest BCUT2D eigenvalue weighted by Crippen LogP contribution is 2.41. The Morgan fingerprint density at radius 2 is 2.00 bits per heavy atom. The van der Waals surface area contributed by atoms with Crippen molar-refractivity contribution in [3.63, 3.8) is 0 Å². The molecule has 0 saturated carbocycles. The lowest BCUT2D eigenvalue weighted by Gasteiger charge is -2.22. The molecule has 1 amide bonds. The van der Waals surface area contributed by atoms with Gasteiger partial charge in [0.15, 0.2) is 0 Å². The molecule has 0 aromatic heterocycles. The Kier molecular flexibility index (Phi) is 7.49. The molecule has 0 fully saturated rings. The number of carbonyl (C=O) groups is 1. The van der Waals surface area contributed by atoms with E-state index in [0.29, 0.717) is 11.9 Å². The first-order valence-corrected chi connectivity index (χ1v) is 8.28. The zero-order chi connectivity index (χ0) is 17.5. The van der Waals surface area contributed by atoms with E-state index in [2.05, 4.69) is 5.16 Å². The highest BCUT2D eigenvalue weighted by atomic mass is 35.6. The highest BCUT2D eigenvalue weighted by molar-refractivity contribution is 8.03. The Morgan fingerprint density at radius 1 is 1.39 bits per heavy atom. The van der Waals surface area contributed by atoms with Crippen molar-refractivity contribution in [2.24, 2.45) is 10.6 Å². The molecule has 23 heavy (non-hydrogen) atoms. The predicted molar refractivity (Wildman–Crippen MR) is 94.2 cm³/mol. The van der Waals surface area contributed by atoms with E-state index in [0.717, 1.165) is 9.87 Å². The molecule has 0 unspecified atom stereocenters. The highest BCUT2D eigenvalue weighted by Gasteiger charge is 2.30. The van der Waals surface area contributed by atoms with Crippen LogP contribution in [0.1, 0.15) is 19.4 Å². The van der Waals surface area contributed by atoms with Crippen molar-refractivity contribution in [3.05, 3.63) is 35.9 Å². The van der Waals surface area contributed by atoms with Gasteiger partial charge in [-0.3, -0.25) is 4.84 Å². The Balaban J connectivity index is 2.79. The van der Waals surface area contributed by atoms with Gasteiger partial charge in [-0.15, -0.1) is 0 Å². The van der Waals surface area contributed by atoms with Crippen LogP contribution in [-0.2, 0) is 11.4 Å². The number of alkyl halides is 3. The summed E-state index contributed by atoms with van der Waals surface area (Å²) in [5, 5.41) is 12.4. The summed E-state index contributed by atoms with van der Waals surface area (Å²) in [5.74, 6) is 0. The van der Waals surface area contributed by atoms with Crippen LogP contribution in [0.4, 0.5) is 4.79 Å². The third-order valence-electron chi connectivity index (χ3n) is 2.38. The fourth-order valence-corrected chi connectivity index (χ4v) is 2.61. The number of nitrogens with zero attached hydrogens (tertiary/aromatic N) is 3. The number of oxime groups is 1. The average molecular weight is 395 g/mol. The van der Waals surface area contributed by atoms with Crippen LogP contribution in [0.2, 0.25) is 0 Å². The van der Waals surface area contributed by atoms with Crippen molar-refractivity contribution < 1.29 is 9.63 Å². The van der Waals surface area contributed by atoms with Gasteiger partial charge in [-0.25, -0.2) is 9.10 Å². The van der Waals surface area contributed by atoms with E-state index in [1.165, 1.54) is 6.21 Å². The third kappa shape index (κ3) is 8.33. The van der Waals surface area contributed by atoms with Crippen LogP contribution in [0.3, 0.4) is 0 Å². The number of benzene rings is 1. The molecule has 0 N–H and O–H groups in total. The molecule has 1 rings (SSSR count). The first-order valence-electron chi connectivity index (χ1n) is 6.37. The molecule has 0 bridgehead atoms. The summed E-state index contributed by atoms with van der Waals surface area (Å²) >= 11 is 17.9. The average Bonchev–Trinajstić information content (AvgIpc) is 2.46. The molecule has 0 aliphatic rings. The molecule has 5 nitrogen and oxygen atoms in total. The SMILES string of the molecule is CC(C)(C#N)/C=N/OC(=O)N(Cc1ccccc1)SC(Cl)(Cl)Cl. The maximum Gasteiger partial charge on any atom is 0.446 e. The van der Waals surface area contributed by atoms with Gasteiger partial charge in [0, 0.05) is 11.9 Å². The fraction of sp³-hybridized carbons (Fsp3) is 0.357. The zero-order valence-corrected chi connectivity index (χ0v) is 15.5. The lowest BCUT2D eigenvalue weighted by atomic mass is 9.98. The van der Waals surface area contributed by atoms with Gasteiger partial charge in [-0.2, -0.15) is 5.26 Å². The molecule has 0 aliphatic carbocycles. The van der Waals surface area contributed by atoms with Crippen LogP contribution in [0, 0.1) is 16.7 Å². The second-order valence-electron chi connectivity index (χ2n) is 4.98. The van der Waals surface area contributed by atoms with Crippen molar-refractivity contribution in [1.82, 2.24) is 4.31 Å². The maximum absolute atomic E-state index is 12.1. The van der Waals surface area contributed by atoms with Crippen LogP contribution >= 0.6 is 46.8 Å². The minimum atomic E-state index is -1.73. The van der Waals surface area contributed by atoms with Gasteiger partial charge in [-0.1, -0.05) is 70.3 Å². The largest absolute Gasteiger partial charge is 0.446 e. The van der Waals surface area contributed by atoms with E-state index in [4.69, 9.17) is 44.9 Å². The number of amides is 1. The normalized spacial score (nSPS) is 12.0. The summed E-state index contributed by atoms with van der Waals surface area (Å²) in [4.78, 5) is 16.9. The molecule has 9 heteroatoms. The molecule has 124 valence electrons. The predicted octanol–water partition coefficient (Wildman–Crippen LogP) is 5.14. The molecular weight excluding hydrogens is 381 g/mol. The summed E-state index contributed by atoms with van der Waals surface area (Å²) in [6.07, 6.45) is 0.418. The maximum atomic E-state index is 12.1. The molecule has 0 spiro atoms. The van der Waals surface area contributed by atoms with E-state index < -0.39 is 14.6 Å². The van der Waals surface area contributed by atoms with Crippen molar-refractivity contribution in [3.8, 4) is 6.07 Å². The number of carbonyl (C=O) groups excluding carboxylic acids is 1. The number of rotatable bonds is 5. The van der Waals surface area contributed by atoms with E-state index in [1.807, 2.05) is 36.4 Å². The van der Waals surface area contributed by atoms with Gasteiger partial charge in [0.1, 0.15) is 0 Å². The first-order chi connectivity index (χ1) is 10.6. The van der Waals surface area contributed by atoms with Gasteiger partial charge < -0.3 is 0 Å². The number of hydrogen-bond acceptors (Lipinski definition) is 5. The van der Waals surface area contributed by atoms with Crippen molar-refractivity contribution in [1.29, 1.82) is 5.26 Å². The Labute approximate surface area is 154 Å². The minimum Gasteiger partial charge on any atom is -0.298 e. The Bertz CT molecular complexity index is 598. The lowest BCUT2D eigenvalue weighted by Crippen LogP contribution is -2.26. The minimum absolute atomic E-state index is 0.162. The number of hydrogen-bond donors (Lipinski definition) is 0. The fourth-order valence-electron chi connectivity index (χ4n) is 1.29. The molecule has 0 aliphatic heterocycles. The Hall–Kier alpha value is -1.13. The molecular formula is C14H14Cl3N3O2S. The van der Waals surface area contributed by atoms with E-state index in [1.54, 1.807) is 13.8 Å². The molecule has 0 atom stereocenters. The number of nitriles is 1. The van der Waals surface area contributed by atoms with E-state index in [9.17, 15) is 4.79 Å². The van der Waals surface area contributed by atoms with E-state index in [-0.39, 0.29) is 6.54 Å².